The Morgan fingerprint density at radius 3 is 2.45 bits per heavy atom. The van der Waals surface area contributed by atoms with Gasteiger partial charge in [0.2, 0.25) is 0 Å². The van der Waals surface area contributed by atoms with Gasteiger partial charge >= 0.3 is 5.97 Å². The van der Waals surface area contributed by atoms with Crippen molar-refractivity contribution in [2.75, 3.05) is 0 Å². The number of hydrogen-bond donors (Lipinski definition) is 1. The summed E-state index contributed by atoms with van der Waals surface area (Å²) in [4.78, 5) is 35.7. The molecule has 188 valence electrons. The van der Waals surface area contributed by atoms with Crippen LogP contribution in [0.4, 0.5) is 5.69 Å². The van der Waals surface area contributed by atoms with Gasteiger partial charge in [-0.1, -0.05) is 54.6 Å². The van der Waals surface area contributed by atoms with Crippen molar-refractivity contribution in [3.63, 3.8) is 0 Å². The maximum Gasteiger partial charge on any atom is 0.335 e. The molecule has 3 aromatic carbocycles. The minimum absolute atomic E-state index is 0.146. The third-order valence-corrected chi connectivity index (χ3v) is 6.74. The molecule has 7 nitrogen and oxygen atoms in total. The Labute approximate surface area is 224 Å². The molecule has 4 aromatic rings. The fourth-order valence-corrected chi connectivity index (χ4v) is 4.78. The van der Waals surface area contributed by atoms with Gasteiger partial charge in [-0.05, 0) is 65.4 Å². The molecule has 0 unspecified atom stereocenters. The Bertz CT molecular complexity index is 1500. The van der Waals surface area contributed by atoms with Crippen molar-refractivity contribution in [3.8, 4) is 5.75 Å². The van der Waals surface area contributed by atoms with E-state index in [0.717, 1.165) is 22.4 Å². The Hall–Kier alpha value is -4.69. The number of nitrogens with zero attached hydrogens (tertiary/aromatic N) is 3. The average Bonchev–Trinajstić information content (AvgIpc) is 3.22. The molecule has 0 bridgehead atoms. The summed E-state index contributed by atoms with van der Waals surface area (Å²) >= 11 is 1.32. The van der Waals surface area contributed by atoms with Gasteiger partial charge in [0.25, 0.3) is 5.91 Å². The first-order valence-electron chi connectivity index (χ1n) is 11.8. The zero-order chi connectivity index (χ0) is 26.3. The largest absolute Gasteiger partial charge is 0.488 e. The minimum atomic E-state index is -0.971. The number of thioether (sulfide) groups is 1. The molecule has 1 aliphatic rings. The highest BCUT2D eigenvalue weighted by Gasteiger charge is 2.33. The first-order valence-corrected chi connectivity index (χ1v) is 12.7. The molecule has 1 fully saturated rings. The van der Waals surface area contributed by atoms with Gasteiger partial charge in [0.1, 0.15) is 12.4 Å². The van der Waals surface area contributed by atoms with Crippen LogP contribution >= 0.6 is 11.8 Å². The van der Waals surface area contributed by atoms with Gasteiger partial charge in [-0.3, -0.25) is 14.7 Å². The smallest absolute Gasteiger partial charge is 0.335 e. The van der Waals surface area contributed by atoms with E-state index in [0.29, 0.717) is 22.4 Å². The van der Waals surface area contributed by atoms with Crippen LogP contribution in [0.5, 0.6) is 5.75 Å². The predicted molar refractivity (Wildman–Crippen MR) is 148 cm³/mol. The molecule has 1 aromatic heterocycles. The summed E-state index contributed by atoms with van der Waals surface area (Å²) < 4.78 is 6.05. The number of ether oxygens (including phenoxy) is 1. The normalized spacial score (nSPS) is 15.3. The molecular weight excluding hydrogens is 498 g/mol. The number of amides is 1. The number of carbonyl (C=O) groups is 2. The fourth-order valence-electron chi connectivity index (χ4n) is 3.80. The second-order valence-corrected chi connectivity index (χ2v) is 9.43. The number of para-hydroxylation sites is 2. The van der Waals surface area contributed by atoms with Crippen molar-refractivity contribution >= 4 is 40.6 Å². The zero-order valence-electron chi connectivity index (χ0n) is 20.2. The van der Waals surface area contributed by atoms with Crippen LogP contribution in [0.3, 0.4) is 0 Å². The third kappa shape index (κ3) is 5.99. The second-order valence-electron chi connectivity index (χ2n) is 8.42. The van der Waals surface area contributed by atoms with E-state index in [4.69, 9.17) is 14.8 Å². The van der Waals surface area contributed by atoms with Crippen molar-refractivity contribution in [1.29, 1.82) is 0 Å². The van der Waals surface area contributed by atoms with Crippen LogP contribution in [-0.4, -0.2) is 32.0 Å². The van der Waals surface area contributed by atoms with Crippen LogP contribution < -0.4 is 4.74 Å². The van der Waals surface area contributed by atoms with Crippen LogP contribution in [0.1, 0.15) is 27.0 Å². The summed E-state index contributed by atoms with van der Waals surface area (Å²) in [5.41, 5.74) is 3.48. The van der Waals surface area contributed by atoms with Gasteiger partial charge in [0.15, 0.2) is 5.17 Å². The Morgan fingerprint density at radius 1 is 0.947 bits per heavy atom. The molecule has 1 aliphatic heterocycles. The van der Waals surface area contributed by atoms with E-state index in [1.807, 2.05) is 72.8 Å². The van der Waals surface area contributed by atoms with Gasteiger partial charge in [-0.15, -0.1) is 0 Å². The highest BCUT2D eigenvalue weighted by atomic mass is 32.2. The molecule has 0 saturated carbocycles. The number of hydrogen-bond acceptors (Lipinski definition) is 6. The van der Waals surface area contributed by atoms with Crippen LogP contribution in [0, 0.1) is 0 Å². The minimum Gasteiger partial charge on any atom is -0.488 e. The molecule has 5 rings (SSSR count). The van der Waals surface area contributed by atoms with Crippen LogP contribution in [0.2, 0.25) is 0 Å². The molecule has 1 saturated heterocycles. The molecule has 1 amide bonds. The monoisotopic (exact) mass is 521 g/mol. The Morgan fingerprint density at radius 2 is 1.71 bits per heavy atom. The maximum atomic E-state index is 13.5. The lowest BCUT2D eigenvalue weighted by atomic mass is 10.1. The van der Waals surface area contributed by atoms with Crippen molar-refractivity contribution in [2.24, 2.45) is 4.99 Å². The molecular formula is C30H23N3O4S. The number of pyridine rings is 1. The number of aromatic nitrogens is 1. The third-order valence-electron chi connectivity index (χ3n) is 5.73. The summed E-state index contributed by atoms with van der Waals surface area (Å²) in [7, 11) is 0. The van der Waals surface area contributed by atoms with Gasteiger partial charge in [-0.25, -0.2) is 9.79 Å². The summed E-state index contributed by atoms with van der Waals surface area (Å²) in [6.45, 7) is 0.613. The van der Waals surface area contributed by atoms with E-state index >= 15 is 0 Å². The summed E-state index contributed by atoms with van der Waals surface area (Å²) in [5.74, 6) is -0.503. The quantitative estimate of drug-likeness (QED) is 0.279. The average molecular weight is 522 g/mol. The van der Waals surface area contributed by atoms with Gasteiger partial charge in [0.05, 0.1) is 22.7 Å². The highest BCUT2D eigenvalue weighted by Crippen LogP contribution is 2.36. The zero-order valence-corrected chi connectivity index (χ0v) is 21.0. The first kappa shape index (κ1) is 25.0. The molecule has 2 heterocycles. The number of rotatable bonds is 8. The molecule has 0 spiro atoms. The van der Waals surface area contributed by atoms with E-state index < -0.39 is 5.97 Å². The van der Waals surface area contributed by atoms with E-state index in [2.05, 4.69) is 4.98 Å². The topological polar surface area (TPSA) is 92.1 Å². The lowest BCUT2D eigenvalue weighted by Crippen LogP contribution is -2.28. The number of carbonyl (C=O) groups excluding carboxylic acids is 1. The van der Waals surface area contributed by atoms with Crippen LogP contribution in [0.25, 0.3) is 6.08 Å². The number of carboxylic acids is 1. The Kier molecular flexibility index (Phi) is 7.61. The van der Waals surface area contributed by atoms with E-state index in [9.17, 15) is 9.59 Å². The molecule has 0 aliphatic carbocycles. The number of amidine groups is 1. The molecule has 1 N–H and O–H groups in total. The first-order chi connectivity index (χ1) is 18.6. The second kappa shape index (κ2) is 11.6. The highest BCUT2D eigenvalue weighted by molar-refractivity contribution is 8.18. The lowest BCUT2D eigenvalue weighted by Gasteiger charge is -2.15. The van der Waals surface area contributed by atoms with Crippen LogP contribution in [-0.2, 0) is 17.9 Å². The standard InChI is InChI=1S/C30H23N3O4S/c34-28-27(17-24-8-4-5-11-26(24)37-20-21-12-14-23(15-13-21)29(35)36)38-30(32-25-9-2-1-3-10-25)33(28)19-22-7-6-16-31-18-22/h1-18H,19-20H2,(H,35,36)/b27-17-,32-30?. The number of aromatic carboxylic acids is 1. The predicted octanol–water partition coefficient (Wildman–Crippen LogP) is 6.16. The SMILES string of the molecule is O=C(O)c1ccc(COc2ccccc2/C=C2\SC(=Nc3ccccc3)N(Cc3cccnc3)C2=O)cc1. The number of aliphatic imine (C=N–C) groups is 1. The van der Waals surface area contributed by atoms with Gasteiger partial charge in [-0.2, -0.15) is 0 Å². The molecule has 0 radical (unpaired) electrons. The van der Waals surface area contributed by atoms with Crippen molar-refractivity contribution in [3.05, 3.63) is 131 Å². The van der Waals surface area contributed by atoms with Gasteiger partial charge in [0, 0.05) is 18.0 Å². The van der Waals surface area contributed by atoms with E-state index in [1.165, 1.54) is 11.8 Å². The van der Waals surface area contributed by atoms with Crippen molar-refractivity contribution in [1.82, 2.24) is 9.88 Å². The van der Waals surface area contributed by atoms with Crippen LogP contribution in [0.15, 0.2) is 113 Å². The molecule has 8 heteroatoms. The van der Waals surface area contributed by atoms with E-state index in [1.54, 1.807) is 41.6 Å². The Balaban J connectivity index is 1.40. The number of benzene rings is 3. The van der Waals surface area contributed by atoms with Crippen molar-refractivity contribution in [2.45, 2.75) is 13.2 Å². The fraction of sp³-hybridized carbons (Fsp3) is 0.0667. The summed E-state index contributed by atoms with van der Waals surface area (Å²) in [6, 6.07) is 27.3. The molecule has 38 heavy (non-hydrogen) atoms. The lowest BCUT2D eigenvalue weighted by molar-refractivity contribution is -0.122. The maximum absolute atomic E-state index is 13.5. The number of carboxylic acid groups (broad SMARTS) is 1. The van der Waals surface area contributed by atoms with E-state index in [-0.39, 0.29) is 18.1 Å². The summed E-state index contributed by atoms with van der Waals surface area (Å²) in [6.07, 6.45) is 5.26. The summed E-state index contributed by atoms with van der Waals surface area (Å²) in [5, 5.41) is 9.69. The van der Waals surface area contributed by atoms with Gasteiger partial charge < -0.3 is 9.84 Å². The van der Waals surface area contributed by atoms with Crippen molar-refractivity contribution < 1.29 is 19.4 Å². The molecule has 0 atom stereocenters.